The van der Waals surface area contributed by atoms with E-state index < -0.39 is 5.60 Å². The maximum atomic E-state index is 12.3. The molecule has 2 fully saturated rings. The van der Waals surface area contributed by atoms with Crippen LogP contribution in [0, 0.1) is 5.92 Å². The number of Topliss-reactive ketones (excluding diaryl/α,β-unsaturated/α-hetero) is 1. The van der Waals surface area contributed by atoms with Crippen LogP contribution in [-0.4, -0.2) is 16.5 Å². The lowest BCUT2D eigenvalue weighted by Crippen LogP contribution is -2.39. The fourth-order valence-corrected chi connectivity index (χ4v) is 3.44. The van der Waals surface area contributed by atoms with Crippen LogP contribution >= 0.6 is 0 Å². The van der Waals surface area contributed by atoms with Gasteiger partial charge in [0.25, 0.3) is 0 Å². The van der Waals surface area contributed by atoms with Gasteiger partial charge in [-0.1, -0.05) is 57.8 Å². The molecule has 0 aromatic heterocycles. The second-order valence-corrected chi connectivity index (χ2v) is 6.08. The summed E-state index contributed by atoms with van der Waals surface area (Å²) in [6.45, 7) is 0. The van der Waals surface area contributed by atoms with Crippen LogP contribution in [0.25, 0.3) is 0 Å². The third kappa shape index (κ3) is 3.54. The van der Waals surface area contributed by atoms with E-state index in [1.807, 2.05) is 0 Å². The van der Waals surface area contributed by atoms with E-state index in [1.54, 1.807) is 0 Å². The van der Waals surface area contributed by atoms with Crippen molar-refractivity contribution >= 4 is 5.78 Å². The predicted octanol–water partition coefficient (Wildman–Crippen LogP) is 3.61. The highest BCUT2D eigenvalue weighted by molar-refractivity contribution is 5.87. The highest BCUT2D eigenvalue weighted by Gasteiger charge is 2.36. The Kier molecular flexibility index (Phi) is 4.61. The Bertz CT molecular complexity index is 246. The summed E-state index contributed by atoms with van der Waals surface area (Å²) in [5.74, 6) is 0.704. The van der Waals surface area contributed by atoms with E-state index >= 15 is 0 Å². The third-order valence-corrected chi connectivity index (χ3v) is 4.65. The van der Waals surface area contributed by atoms with E-state index in [-0.39, 0.29) is 5.78 Å². The van der Waals surface area contributed by atoms with Gasteiger partial charge in [-0.2, -0.15) is 0 Å². The molecule has 2 saturated carbocycles. The molecule has 2 aliphatic carbocycles. The van der Waals surface area contributed by atoms with Crippen LogP contribution in [0.2, 0.25) is 0 Å². The molecular formula is C15H26O2. The molecule has 0 radical (unpaired) electrons. The van der Waals surface area contributed by atoms with Crippen molar-refractivity contribution in [1.82, 2.24) is 0 Å². The van der Waals surface area contributed by atoms with Gasteiger partial charge >= 0.3 is 0 Å². The summed E-state index contributed by atoms with van der Waals surface area (Å²) in [5, 5.41) is 10.5. The van der Waals surface area contributed by atoms with E-state index in [1.165, 1.54) is 44.9 Å². The first kappa shape index (κ1) is 13.1. The van der Waals surface area contributed by atoms with Crippen molar-refractivity contribution in [2.24, 2.45) is 5.92 Å². The maximum Gasteiger partial charge on any atom is 0.164 e. The Morgan fingerprint density at radius 1 is 0.941 bits per heavy atom. The summed E-state index contributed by atoms with van der Waals surface area (Å²) >= 11 is 0. The van der Waals surface area contributed by atoms with Gasteiger partial charge in [0.15, 0.2) is 5.78 Å². The lowest BCUT2D eigenvalue weighted by atomic mass is 9.80. The monoisotopic (exact) mass is 238 g/mol. The van der Waals surface area contributed by atoms with Crippen LogP contribution in [-0.2, 0) is 4.79 Å². The summed E-state index contributed by atoms with van der Waals surface area (Å²) in [6.07, 6.45) is 12.7. The number of hydrogen-bond donors (Lipinski definition) is 1. The number of hydrogen-bond acceptors (Lipinski definition) is 2. The molecule has 2 heteroatoms. The SMILES string of the molecule is O=C(CC1CCCCC1)C1(O)CCCCCC1. The molecule has 0 unspecified atom stereocenters. The van der Waals surface area contributed by atoms with Gasteiger partial charge < -0.3 is 5.11 Å². The molecule has 98 valence electrons. The summed E-state index contributed by atoms with van der Waals surface area (Å²) in [4.78, 5) is 12.3. The van der Waals surface area contributed by atoms with E-state index in [0.717, 1.165) is 12.8 Å². The standard InChI is InChI=1S/C15H26O2/c16-14(12-13-8-4-3-5-9-13)15(17)10-6-1-2-7-11-15/h13,17H,1-12H2. The topological polar surface area (TPSA) is 37.3 Å². The molecule has 0 spiro atoms. The Balaban J connectivity index is 1.88. The molecule has 0 amide bonds. The van der Waals surface area contributed by atoms with Crippen LogP contribution in [0.1, 0.15) is 77.0 Å². The largest absolute Gasteiger partial charge is 0.382 e. The smallest absolute Gasteiger partial charge is 0.164 e. The molecule has 0 aromatic carbocycles. The van der Waals surface area contributed by atoms with Crippen molar-refractivity contribution in [2.45, 2.75) is 82.7 Å². The number of ketones is 1. The van der Waals surface area contributed by atoms with Crippen molar-refractivity contribution < 1.29 is 9.90 Å². The molecule has 1 N–H and O–H groups in total. The second-order valence-electron chi connectivity index (χ2n) is 6.08. The zero-order valence-electron chi connectivity index (χ0n) is 10.9. The van der Waals surface area contributed by atoms with Crippen molar-refractivity contribution in [2.75, 3.05) is 0 Å². The molecule has 0 atom stereocenters. The van der Waals surface area contributed by atoms with Crippen LogP contribution in [0.5, 0.6) is 0 Å². The van der Waals surface area contributed by atoms with Gasteiger partial charge in [-0.25, -0.2) is 0 Å². The zero-order chi connectivity index (χ0) is 12.1. The summed E-state index contributed by atoms with van der Waals surface area (Å²) in [6, 6.07) is 0. The first-order chi connectivity index (χ1) is 8.21. The van der Waals surface area contributed by atoms with E-state index in [9.17, 15) is 9.90 Å². The number of carbonyl (C=O) groups is 1. The molecule has 2 rings (SSSR count). The minimum Gasteiger partial charge on any atom is -0.382 e. The fourth-order valence-electron chi connectivity index (χ4n) is 3.44. The molecule has 17 heavy (non-hydrogen) atoms. The first-order valence-electron chi connectivity index (χ1n) is 7.46. The Labute approximate surface area is 105 Å². The third-order valence-electron chi connectivity index (χ3n) is 4.65. The molecule has 0 aromatic rings. The molecule has 0 bridgehead atoms. The average molecular weight is 238 g/mol. The number of carbonyl (C=O) groups excluding carboxylic acids is 1. The highest BCUT2D eigenvalue weighted by Crippen LogP contribution is 2.33. The minimum atomic E-state index is -0.964. The molecule has 2 aliphatic rings. The van der Waals surface area contributed by atoms with Gasteiger partial charge in [0, 0.05) is 6.42 Å². The molecule has 0 aliphatic heterocycles. The van der Waals surface area contributed by atoms with Gasteiger partial charge in [-0.15, -0.1) is 0 Å². The van der Waals surface area contributed by atoms with Gasteiger partial charge in [-0.05, 0) is 18.8 Å². The van der Waals surface area contributed by atoms with Crippen LogP contribution in [0.3, 0.4) is 0 Å². The summed E-state index contributed by atoms with van der Waals surface area (Å²) < 4.78 is 0. The Morgan fingerprint density at radius 3 is 2.06 bits per heavy atom. The predicted molar refractivity (Wildman–Crippen MR) is 68.9 cm³/mol. The highest BCUT2D eigenvalue weighted by atomic mass is 16.3. The van der Waals surface area contributed by atoms with Crippen LogP contribution < -0.4 is 0 Å². The first-order valence-corrected chi connectivity index (χ1v) is 7.46. The van der Waals surface area contributed by atoms with Crippen LogP contribution in [0.15, 0.2) is 0 Å². The number of aliphatic hydroxyl groups is 1. The van der Waals surface area contributed by atoms with Crippen molar-refractivity contribution in [3.63, 3.8) is 0 Å². The summed E-state index contributed by atoms with van der Waals surface area (Å²) in [7, 11) is 0. The van der Waals surface area contributed by atoms with E-state index in [0.29, 0.717) is 25.2 Å². The van der Waals surface area contributed by atoms with Gasteiger partial charge in [0.2, 0.25) is 0 Å². The Hall–Kier alpha value is -0.370. The minimum absolute atomic E-state index is 0.145. The summed E-state index contributed by atoms with van der Waals surface area (Å²) in [5.41, 5.74) is -0.964. The van der Waals surface area contributed by atoms with Crippen molar-refractivity contribution in [1.29, 1.82) is 0 Å². The van der Waals surface area contributed by atoms with Crippen molar-refractivity contribution in [3.05, 3.63) is 0 Å². The molecule has 0 heterocycles. The second kappa shape index (κ2) is 5.99. The maximum absolute atomic E-state index is 12.3. The van der Waals surface area contributed by atoms with Gasteiger partial charge in [-0.3, -0.25) is 4.79 Å². The lowest BCUT2D eigenvalue weighted by molar-refractivity contribution is -0.140. The Morgan fingerprint density at radius 2 is 1.47 bits per heavy atom. The number of rotatable bonds is 3. The zero-order valence-corrected chi connectivity index (χ0v) is 10.9. The van der Waals surface area contributed by atoms with Gasteiger partial charge in [0.05, 0.1) is 0 Å². The lowest BCUT2D eigenvalue weighted by Gasteiger charge is -2.28. The molecule has 0 saturated heterocycles. The van der Waals surface area contributed by atoms with E-state index in [4.69, 9.17) is 0 Å². The molecule has 2 nitrogen and oxygen atoms in total. The fraction of sp³-hybridized carbons (Fsp3) is 0.933. The quantitative estimate of drug-likeness (QED) is 0.763. The average Bonchev–Trinajstić information content (AvgIpc) is 2.56. The molecular weight excluding hydrogens is 212 g/mol. The van der Waals surface area contributed by atoms with Crippen LogP contribution in [0.4, 0.5) is 0 Å². The van der Waals surface area contributed by atoms with Crippen molar-refractivity contribution in [3.8, 4) is 0 Å². The van der Waals surface area contributed by atoms with Gasteiger partial charge in [0.1, 0.15) is 5.60 Å². The van der Waals surface area contributed by atoms with E-state index in [2.05, 4.69) is 0 Å². The normalized spacial score (nSPS) is 26.4.